The smallest absolute Gasteiger partial charge is 0.275 e. The number of carbonyl (C=O) groups excluding carboxylic acids is 1. The van der Waals surface area contributed by atoms with E-state index >= 15 is 0 Å². The van der Waals surface area contributed by atoms with Gasteiger partial charge in [0.2, 0.25) is 0 Å². The molecule has 0 aliphatic heterocycles. The van der Waals surface area contributed by atoms with Crippen LogP contribution in [-0.2, 0) is 0 Å². The number of ether oxygens (including phenoxy) is 1. The number of anilines is 1. The van der Waals surface area contributed by atoms with Crippen molar-refractivity contribution in [1.29, 1.82) is 0 Å². The van der Waals surface area contributed by atoms with Crippen LogP contribution in [0.4, 0.5) is 5.69 Å². The van der Waals surface area contributed by atoms with E-state index in [1.165, 1.54) is 11.3 Å². The van der Waals surface area contributed by atoms with Crippen LogP contribution in [0.1, 0.15) is 37.2 Å². The highest BCUT2D eigenvalue weighted by atomic mass is 35.5. The Morgan fingerprint density at radius 2 is 1.84 bits per heavy atom. The minimum absolute atomic E-state index is 0.292. The lowest BCUT2D eigenvalue weighted by Gasteiger charge is -2.21. The summed E-state index contributed by atoms with van der Waals surface area (Å²) in [6, 6.07) is 12.8. The van der Waals surface area contributed by atoms with Gasteiger partial charge in [0, 0.05) is 29.2 Å². The quantitative estimate of drug-likeness (QED) is 0.317. The normalized spacial score (nSPS) is 11.0. The van der Waals surface area contributed by atoms with E-state index in [0.29, 0.717) is 38.6 Å². The molecule has 1 aromatic heterocycles. The molecule has 1 heterocycles. The number of benzene rings is 2. The SMILES string of the molecule is CCCN(CCC)CCOc1cccc(NC(=O)c2csc(-c3cccc(Cl)c3Cl)n2)c1. The zero-order chi connectivity index (χ0) is 22.9. The van der Waals surface area contributed by atoms with Gasteiger partial charge in [0.05, 0.1) is 10.0 Å². The van der Waals surface area contributed by atoms with Gasteiger partial charge >= 0.3 is 0 Å². The molecule has 0 aliphatic rings. The van der Waals surface area contributed by atoms with Gasteiger partial charge in [-0.15, -0.1) is 11.3 Å². The molecular weight excluding hydrogens is 465 g/mol. The fourth-order valence-electron chi connectivity index (χ4n) is 3.29. The average Bonchev–Trinajstić information content (AvgIpc) is 3.26. The van der Waals surface area contributed by atoms with Crippen LogP contribution in [0, 0.1) is 0 Å². The van der Waals surface area contributed by atoms with E-state index in [1.54, 1.807) is 17.5 Å². The van der Waals surface area contributed by atoms with Crippen LogP contribution in [0.25, 0.3) is 10.6 Å². The molecule has 0 saturated heterocycles. The predicted molar refractivity (Wildman–Crippen MR) is 134 cm³/mol. The number of halogens is 2. The molecule has 0 atom stereocenters. The summed E-state index contributed by atoms with van der Waals surface area (Å²) in [6.07, 6.45) is 2.26. The molecule has 0 fully saturated rings. The second-order valence-corrected chi connectivity index (χ2v) is 8.95. The van der Waals surface area contributed by atoms with Crippen LogP contribution in [-0.4, -0.2) is 42.0 Å². The molecule has 3 aromatic rings. The summed E-state index contributed by atoms with van der Waals surface area (Å²) in [5.41, 5.74) is 1.68. The number of aromatic nitrogens is 1. The minimum Gasteiger partial charge on any atom is -0.492 e. The Hall–Kier alpha value is -2.12. The fraction of sp³-hybridized carbons (Fsp3) is 0.333. The number of hydrogen-bond acceptors (Lipinski definition) is 5. The van der Waals surface area contributed by atoms with E-state index in [4.69, 9.17) is 27.9 Å². The first kappa shape index (κ1) is 24.5. The van der Waals surface area contributed by atoms with Crippen molar-refractivity contribution < 1.29 is 9.53 Å². The Kier molecular flexibility index (Phi) is 9.36. The molecule has 2 aromatic carbocycles. The first-order valence-corrected chi connectivity index (χ1v) is 12.3. The molecule has 0 unspecified atom stereocenters. The van der Waals surface area contributed by atoms with E-state index in [-0.39, 0.29) is 5.91 Å². The third-order valence-electron chi connectivity index (χ3n) is 4.77. The monoisotopic (exact) mass is 491 g/mol. The summed E-state index contributed by atoms with van der Waals surface area (Å²) in [5.74, 6) is 0.431. The second-order valence-electron chi connectivity index (χ2n) is 7.31. The van der Waals surface area contributed by atoms with Crippen molar-refractivity contribution in [3.05, 3.63) is 63.6 Å². The van der Waals surface area contributed by atoms with Gasteiger partial charge in [-0.3, -0.25) is 9.69 Å². The first-order valence-electron chi connectivity index (χ1n) is 10.7. The zero-order valence-electron chi connectivity index (χ0n) is 18.2. The maximum Gasteiger partial charge on any atom is 0.275 e. The minimum atomic E-state index is -0.292. The first-order chi connectivity index (χ1) is 15.5. The zero-order valence-corrected chi connectivity index (χ0v) is 20.6. The summed E-state index contributed by atoms with van der Waals surface area (Å²) in [4.78, 5) is 19.5. The standard InChI is InChI=1S/C24H27Cl2N3O2S/c1-3-11-29(12-4-2)13-14-31-18-8-5-7-17(15-18)27-23(30)21-16-32-24(28-21)19-9-6-10-20(25)22(19)26/h5-10,15-16H,3-4,11-14H2,1-2H3,(H,27,30). The molecule has 0 spiro atoms. The molecule has 170 valence electrons. The molecule has 8 heteroatoms. The molecule has 5 nitrogen and oxygen atoms in total. The highest BCUT2D eigenvalue weighted by Crippen LogP contribution is 2.35. The third-order valence-corrected chi connectivity index (χ3v) is 6.46. The number of nitrogens with one attached hydrogen (secondary N) is 1. The lowest BCUT2D eigenvalue weighted by Crippen LogP contribution is -2.30. The van der Waals surface area contributed by atoms with Gasteiger partial charge in [-0.2, -0.15) is 0 Å². The Bertz CT molecular complexity index is 1040. The summed E-state index contributed by atoms with van der Waals surface area (Å²) in [6.45, 7) is 8.00. The van der Waals surface area contributed by atoms with Crippen LogP contribution >= 0.6 is 34.5 Å². The van der Waals surface area contributed by atoms with Crippen molar-refractivity contribution in [1.82, 2.24) is 9.88 Å². The van der Waals surface area contributed by atoms with E-state index in [0.717, 1.165) is 38.2 Å². The topological polar surface area (TPSA) is 54.5 Å². The largest absolute Gasteiger partial charge is 0.492 e. The summed E-state index contributed by atoms with van der Waals surface area (Å²) < 4.78 is 5.91. The number of rotatable bonds is 11. The molecule has 0 bridgehead atoms. The van der Waals surface area contributed by atoms with E-state index < -0.39 is 0 Å². The van der Waals surface area contributed by atoms with Crippen LogP contribution in [0.2, 0.25) is 10.0 Å². The molecule has 0 saturated carbocycles. The van der Waals surface area contributed by atoms with Crippen LogP contribution in [0.15, 0.2) is 47.8 Å². The highest BCUT2D eigenvalue weighted by molar-refractivity contribution is 7.13. The molecule has 32 heavy (non-hydrogen) atoms. The Morgan fingerprint density at radius 1 is 1.09 bits per heavy atom. The van der Waals surface area contributed by atoms with E-state index in [1.807, 2.05) is 30.3 Å². The number of nitrogens with zero attached hydrogens (tertiary/aromatic N) is 2. The van der Waals surface area contributed by atoms with Crippen molar-refractivity contribution in [3.8, 4) is 16.3 Å². The number of hydrogen-bond donors (Lipinski definition) is 1. The van der Waals surface area contributed by atoms with Gasteiger partial charge in [-0.1, -0.05) is 55.2 Å². The van der Waals surface area contributed by atoms with Crippen molar-refractivity contribution in [2.24, 2.45) is 0 Å². The van der Waals surface area contributed by atoms with Gasteiger partial charge in [-0.25, -0.2) is 4.98 Å². The van der Waals surface area contributed by atoms with Crippen LogP contribution in [0.5, 0.6) is 5.75 Å². The number of thiazole rings is 1. The van der Waals surface area contributed by atoms with Crippen LogP contribution < -0.4 is 10.1 Å². The maximum atomic E-state index is 12.7. The van der Waals surface area contributed by atoms with Crippen LogP contribution in [0.3, 0.4) is 0 Å². The number of amides is 1. The van der Waals surface area contributed by atoms with Crippen molar-refractivity contribution in [2.75, 3.05) is 31.6 Å². The average molecular weight is 492 g/mol. The summed E-state index contributed by atoms with van der Waals surface area (Å²) in [7, 11) is 0. The highest BCUT2D eigenvalue weighted by Gasteiger charge is 2.15. The van der Waals surface area contributed by atoms with E-state index in [9.17, 15) is 4.79 Å². The molecule has 3 rings (SSSR count). The van der Waals surface area contributed by atoms with Crippen molar-refractivity contribution >= 4 is 46.1 Å². The van der Waals surface area contributed by atoms with Gasteiger partial charge in [0.25, 0.3) is 5.91 Å². The molecule has 0 radical (unpaired) electrons. The van der Waals surface area contributed by atoms with Gasteiger partial charge in [-0.05, 0) is 44.1 Å². The Morgan fingerprint density at radius 3 is 2.59 bits per heavy atom. The Balaban J connectivity index is 1.60. The van der Waals surface area contributed by atoms with Gasteiger partial charge in [0.1, 0.15) is 23.1 Å². The van der Waals surface area contributed by atoms with Gasteiger partial charge in [0.15, 0.2) is 0 Å². The maximum absolute atomic E-state index is 12.7. The summed E-state index contributed by atoms with van der Waals surface area (Å²) in [5, 5.41) is 6.11. The van der Waals surface area contributed by atoms with Crippen molar-refractivity contribution in [3.63, 3.8) is 0 Å². The fourth-order valence-corrected chi connectivity index (χ4v) is 4.57. The second kappa shape index (κ2) is 12.2. The van der Waals surface area contributed by atoms with Crippen molar-refractivity contribution in [2.45, 2.75) is 26.7 Å². The number of carbonyl (C=O) groups is 1. The van der Waals surface area contributed by atoms with E-state index in [2.05, 4.69) is 29.0 Å². The molecule has 0 aliphatic carbocycles. The lowest BCUT2D eigenvalue weighted by atomic mass is 10.2. The Labute approximate surface area is 203 Å². The predicted octanol–water partition coefficient (Wildman–Crippen LogP) is 6.87. The summed E-state index contributed by atoms with van der Waals surface area (Å²) >= 11 is 13.7. The third kappa shape index (κ3) is 6.69. The molecule has 1 amide bonds. The molecular formula is C24H27Cl2N3O2S. The lowest BCUT2D eigenvalue weighted by molar-refractivity contribution is 0.102. The van der Waals surface area contributed by atoms with Gasteiger partial charge < -0.3 is 10.1 Å². The molecule has 1 N–H and O–H groups in total.